The molecule has 0 saturated carbocycles. The first-order valence-electron chi connectivity index (χ1n) is 7.67. The summed E-state index contributed by atoms with van der Waals surface area (Å²) in [5, 5.41) is 8.69. The summed E-state index contributed by atoms with van der Waals surface area (Å²) in [6.07, 6.45) is 3.54. The van der Waals surface area contributed by atoms with E-state index in [1.165, 1.54) is 6.33 Å². The minimum Gasteiger partial charge on any atom is -0.497 e. The Morgan fingerprint density at radius 1 is 1.17 bits per heavy atom. The van der Waals surface area contributed by atoms with Gasteiger partial charge in [0.25, 0.3) is 0 Å². The lowest BCUT2D eigenvalue weighted by atomic mass is 10.1. The number of aryl methyl sites for hydroxylation is 2. The number of ether oxygens (including phenoxy) is 2. The van der Waals surface area contributed by atoms with Crippen LogP contribution >= 0.6 is 0 Å². The first-order valence-corrected chi connectivity index (χ1v) is 7.67. The largest absolute Gasteiger partial charge is 0.497 e. The number of hydrogen-bond acceptors (Lipinski definition) is 6. The minimum atomic E-state index is 0.0500. The standard InChI is InChI=1S/C17H21N5O2/c1-10(14-8-22(3)21-11(14)2)20-17-13-6-12(23-4)7-15(24-5)16(13)18-9-19-17/h6-10H,1-5H3,(H,18,19,20). The van der Waals surface area contributed by atoms with Crippen molar-refractivity contribution in [3.05, 3.63) is 35.9 Å². The van der Waals surface area contributed by atoms with Crippen molar-refractivity contribution in [2.24, 2.45) is 7.05 Å². The maximum absolute atomic E-state index is 5.43. The fourth-order valence-corrected chi connectivity index (χ4v) is 2.82. The van der Waals surface area contributed by atoms with Crippen molar-refractivity contribution in [1.82, 2.24) is 19.7 Å². The molecule has 0 amide bonds. The van der Waals surface area contributed by atoms with Gasteiger partial charge < -0.3 is 14.8 Å². The number of anilines is 1. The van der Waals surface area contributed by atoms with Gasteiger partial charge in [-0.25, -0.2) is 9.97 Å². The molecular formula is C17H21N5O2. The van der Waals surface area contributed by atoms with Crippen LogP contribution in [0.3, 0.4) is 0 Å². The monoisotopic (exact) mass is 327 g/mol. The highest BCUT2D eigenvalue weighted by molar-refractivity contribution is 5.94. The Bertz CT molecular complexity index is 875. The fourth-order valence-electron chi connectivity index (χ4n) is 2.82. The van der Waals surface area contributed by atoms with Gasteiger partial charge in [-0.15, -0.1) is 0 Å². The van der Waals surface area contributed by atoms with E-state index in [-0.39, 0.29) is 6.04 Å². The molecule has 2 aromatic heterocycles. The Hall–Kier alpha value is -2.83. The predicted molar refractivity (Wildman–Crippen MR) is 92.6 cm³/mol. The van der Waals surface area contributed by atoms with Gasteiger partial charge >= 0.3 is 0 Å². The summed E-state index contributed by atoms with van der Waals surface area (Å²) < 4.78 is 12.6. The molecule has 1 unspecified atom stereocenters. The van der Waals surface area contributed by atoms with Crippen LogP contribution in [0.15, 0.2) is 24.7 Å². The Kier molecular flexibility index (Phi) is 4.24. The van der Waals surface area contributed by atoms with E-state index in [1.807, 2.05) is 37.0 Å². The lowest BCUT2D eigenvalue weighted by Crippen LogP contribution is -2.09. The Morgan fingerprint density at radius 3 is 2.58 bits per heavy atom. The topological polar surface area (TPSA) is 74.1 Å². The van der Waals surface area contributed by atoms with E-state index in [1.54, 1.807) is 14.2 Å². The summed E-state index contributed by atoms with van der Waals surface area (Å²) in [5.74, 6) is 2.08. The van der Waals surface area contributed by atoms with Crippen molar-refractivity contribution < 1.29 is 9.47 Å². The molecule has 0 aliphatic carbocycles. The molecule has 0 aliphatic heterocycles. The normalized spacial score (nSPS) is 12.2. The lowest BCUT2D eigenvalue weighted by molar-refractivity contribution is 0.397. The van der Waals surface area contributed by atoms with Crippen LogP contribution in [0.1, 0.15) is 24.2 Å². The molecule has 1 N–H and O–H groups in total. The van der Waals surface area contributed by atoms with Crippen LogP contribution in [0.5, 0.6) is 11.5 Å². The lowest BCUT2D eigenvalue weighted by Gasteiger charge is -2.16. The van der Waals surface area contributed by atoms with Crippen molar-refractivity contribution in [3.8, 4) is 11.5 Å². The van der Waals surface area contributed by atoms with Crippen molar-refractivity contribution in [3.63, 3.8) is 0 Å². The summed E-state index contributed by atoms with van der Waals surface area (Å²) in [6, 6.07) is 3.77. The van der Waals surface area contributed by atoms with Gasteiger partial charge in [-0.1, -0.05) is 0 Å². The van der Waals surface area contributed by atoms with Crippen molar-refractivity contribution in [2.75, 3.05) is 19.5 Å². The molecule has 0 fully saturated rings. The molecular weight excluding hydrogens is 306 g/mol. The van der Waals surface area contributed by atoms with Crippen LogP contribution in [-0.4, -0.2) is 34.0 Å². The molecule has 126 valence electrons. The van der Waals surface area contributed by atoms with E-state index in [0.717, 1.165) is 28.0 Å². The van der Waals surface area contributed by atoms with Crippen molar-refractivity contribution in [2.45, 2.75) is 19.9 Å². The summed E-state index contributed by atoms with van der Waals surface area (Å²) in [7, 11) is 5.16. The number of fused-ring (bicyclic) bond motifs is 1. The molecule has 3 aromatic rings. The number of aromatic nitrogens is 4. The first-order chi connectivity index (χ1) is 11.5. The zero-order chi connectivity index (χ0) is 17.3. The number of rotatable bonds is 5. The molecule has 7 nitrogen and oxygen atoms in total. The molecule has 1 aromatic carbocycles. The first kappa shape index (κ1) is 16.0. The summed E-state index contributed by atoms with van der Waals surface area (Å²) in [6.45, 7) is 4.08. The van der Waals surface area contributed by atoms with Gasteiger partial charge in [0.05, 0.1) is 31.3 Å². The molecule has 7 heteroatoms. The molecule has 3 rings (SSSR count). The quantitative estimate of drug-likeness (QED) is 0.777. The maximum Gasteiger partial charge on any atom is 0.148 e. The van der Waals surface area contributed by atoms with Crippen LogP contribution in [-0.2, 0) is 7.05 Å². The average molecular weight is 327 g/mol. The Morgan fingerprint density at radius 2 is 1.96 bits per heavy atom. The van der Waals surface area contributed by atoms with Crippen LogP contribution in [0, 0.1) is 6.92 Å². The second-order valence-corrected chi connectivity index (χ2v) is 5.66. The van der Waals surface area contributed by atoms with Crippen LogP contribution in [0.4, 0.5) is 5.82 Å². The number of hydrogen-bond donors (Lipinski definition) is 1. The second-order valence-electron chi connectivity index (χ2n) is 5.66. The molecule has 0 saturated heterocycles. The second kappa shape index (κ2) is 6.35. The molecule has 2 heterocycles. The molecule has 0 spiro atoms. The van der Waals surface area contributed by atoms with E-state index >= 15 is 0 Å². The molecule has 24 heavy (non-hydrogen) atoms. The van der Waals surface area contributed by atoms with Crippen molar-refractivity contribution in [1.29, 1.82) is 0 Å². The number of nitrogens with one attached hydrogen (secondary N) is 1. The molecule has 0 bridgehead atoms. The third-order valence-corrected chi connectivity index (χ3v) is 4.00. The third kappa shape index (κ3) is 2.84. The maximum atomic E-state index is 5.43. The van der Waals surface area contributed by atoms with E-state index in [0.29, 0.717) is 11.5 Å². The number of methoxy groups -OCH3 is 2. The van der Waals surface area contributed by atoms with Gasteiger partial charge in [-0.2, -0.15) is 5.10 Å². The van der Waals surface area contributed by atoms with Gasteiger partial charge in [-0.05, 0) is 19.9 Å². The van der Waals surface area contributed by atoms with Crippen molar-refractivity contribution >= 4 is 16.7 Å². The van der Waals surface area contributed by atoms with E-state index in [9.17, 15) is 0 Å². The Labute approximate surface area is 140 Å². The van der Waals surface area contributed by atoms with Gasteiger partial charge in [0.1, 0.15) is 29.2 Å². The summed E-state index contributed by atoms with van der Waals surface area (Å²) in [5.41, 5.74) is 2.86. The van der Waals surface area contributed by atoms with Gasteiger partial charge in [0.2, 0.25) is 0 Å². The smallest absolute Gasteiger partial charge is 0.148 e. The highest BCUT2D eigenvalue weighted by Gasteiger charge is 2.16. The third-order valence-electron chi connectivity index (χ3n) is 4.00. The van der Waals surface area contributed by atoms with Gasteiger partial charge in [0.15, 0.2) is 0 Å². The zero-order valence-electron chi connectivity index (χ0n) is 14.5. The fraction of sp³-hybridized carbons (Fsp3) is 0.353. The van der Waals surface area contributed by atoms with Crippen LogP contribution < -0.4 is 14.8 Å². The molecule has 1 atom stereocenters. The summed E-state index contributed by atoms with van der Waals surface area (Å²) >= 11 is 0. The highest BCUT2D eigenvalue weighted by Crippen LogP contribution is 2.34. The van der Waals surface area contributed by atoms with Crippen LogP contribution in [0.25, 0.3) is 10.9 Å². The Balaban J connectivity index is 2.04. The minimum absolute atomic E-state index is 0.0500. The van der Waals surface area contributed by atoms with E-state index < -0.39 is 0 Å². The van der Waals surface area contributed by atoms with Gasteiger partial charge in [0, 0.05) is 24.9 Å². The molecule has 0 radical (unpaired) electrons. The van der Waals surface area contributed by atoms with E-state index in [2.05, 4.69) is 27.3 Å². The predicted octanol–water partition coefficient (Wildman–Crippen LogP) is 2.86. The van der Waals surface area contributed by atoms with Gasteiger partial charge in [-0.3, -0.25) is 4.68 Å². The number of benzene rings is 1. The molecule has 0 aliphatic rings. The number of nitrogens with zero attached hydrogens (tertiary/aromatic N) is 4. The zero-order valence-corrected chi connectivity index (χ0v) is 14.5. The average Bonchev–Trinajstić information content (AvgIpc) is 2.92. The highest BCUT2D eigenvalue weighted by atomic mass is 16.5. The summed E-state index contributed by atoms with van der Waals surface area (Å²) in [4.78, 5) is 8.74. The van der Waals surface area contributed by atoms with E-state index in [4.69, 9.17) is 9.47 Å². The SMILES string of the molecule is COc1cc(OC)c2ncnc(NC(C)c3cn(C)nc3C)c2c1. The van der Waals surface area contributed by atoms with Crippen LogP contribution in [0.2, 0.25) is 0 Å².